The predicted molar refractivity (Wildman–Crippen MR) is 127 cm³/mol. The minimum absolute atomic E-state index is 0.00363. The lowest BCUT2D eigenvalue weighted by molar-refractivity contribution is 0.230. The van der Waals surface area contributed by atoms with Crippen molar-refractivity contribution in [1.82, 2.24) is 10.2 Å². The predicted octanol–water partition coefficient (Wildman–Crippen LogP) is 5.02. The fraction of sp³-hybridized carbons (Fsp3) is 0.280. The standard InChI is InChI=1S/C25H26N4O3S/c1-14(2)31-20-10-7-16(11-21(20)30-4)22-18(12-26)24(27)32-25-23(22)19(28-29-25)13-33-17-8-5-15(3)6-9-17/h5-11,14,22H,13,27H2,1-4H3,(H,28,29). The number of nitrogens with zero attached hydrogens (tertiary/aromatic N) is 2. The number of hydrogen-bond donors (Lipinski definition) is 2. The largest absolute Gasteiger partial charge is 0.493 e. The number of nitriles is 1. The third kappa shape index (κ3) is 4.64. The maximum Gasteiger partial charge on any atom is 0.244 e. The first-order valence-corrected chi connectivity index (χ1v) is 11.6. The summed E-state index contributed by atoms with van der Waals surface area (Å²) in [6.45, 7) is 5.98. The number of methoxy groups -OCH3 is 1. The molecule has 0 saturated heterocycles. The van der Waals surface area contributed by atoms with E-state index in [1.165, 1.54) is 5.56 Å². The number of H-pyrrole nitrogens is 1. The van der Waals surface area contributed by atoms with E-state index in [2.05, 4.69) is 47.5 Å². The van der Waals surface area contributed by atoms with E-state index in [1.807, 2.05) is 32.0 Å². The Labute approximate surface area is 197 Å². The van der Waals surface area contributed by atoms with Gasteiger partial charge in [0.2, 0.25) is 11.8 Å². The summed E-state index contributed by atoms with van der Waals surface area (Å²) < 4.78 is 17.1. The van der Waals surface area contributed by atoms with Gasteiger partial charge in [-0.2, -0.15) is 5.26 Å². The molecule has 4 rings (SSSR count). The number of aromatic nitrogens is 2. The van der Waals surface area contributed by atoms with Crippen LogP contribution in [0.3, 0.4) is 0 Å². The number of aryl methyl sites for hydroxylation is 1. The van der Waals surface area contributed by atoms with Gasteiger partial charge in [-0.1, -0.05) is 23.8 Å². The lowest BCUT2D eigenvalue weighted by atomic mass is 9.84. The minimum atomic E-state index is -0.437. The molecular formula is C25H26N4O3S. The highest BCUT2D eigenvalue weighted by molar-refractivity contribution is 7.98. The van der Waals surface area contributed by atoms with E-state index in [4.69, 9.17) is 19.9 Å². The van der Waals surface area contributed by atoms with Crippen molar-refractivity contribution in [3.8, 4) is 23.4 Å². The summed E-state index contributed by atoms with van der Waals surface area (Å²) in [6, 6.07) is 16.2. The fourth-order valence-corrected chi connectivity index (χ4v) is 4.62. The maximum absolute atomic E-state index is 9.92. The van der Waals surface area contributed by atoms with Gasteiger partial charge in [0.25, 0.3) is 0 Å². The van der Waals surface area contributed by atoms with Crippen molar-refractivity contribution in [1.29, 1.82) is 5.26 Å². The molecule has 33 heavy (non-hydrogen) atoms. The van der Waals surface area contributed by atoms with Crippen molar-refractivity contribution >= 4 is 11.8 Å². The van der Waals surface area contributed by atoms with Crippen molar-refractivity contribution in [2.45, 2.75) is 43.4 Å². The summed E-state index contributed by atoms with van der Waals surface area (Å²) in [4.78, 5) is 1.14. The first kappa shape index (κ1) is 22.6. The highest BCUT2D eigenvalue weighted by Crippen LogP contribution is 2.45. The van der Waals surface area contributed by atoms with Crippen molar-refractivity contribution in [2.24, 2.45) is 5.73 Å². The molecule has 1 unspecified atom stereocenters. The van der Waals surface area contributed by atoms with Crippen LogP contribution in [0.1, 0.15) is 42.1 Å². The molecule has 170 valence electrons. The van der Waals surface area contributed by atoms with E-state index in [-0.39, 0.29) is 12.0 Å². The summed E-state index contributed by atoms with van der Waals surface area (Å²) in [5.41, 5.74) is 10.2. The molecule has 0 aliphatic carbocycles. The third-order valence-electron chi connectivity index (χ3n) is 5.31. The molecule has 0 radical (unpaired) electrons. The first-order chi connectivity index (χ1) is 15.9. The number of hydrogen-bond acceptors (Lipinski definition) is 7. The highest BCUT2D eigenvalue weighted by atomic mass is 32.2. The van der Waals surface area contributed by atoms with E-state index in [0.29, 0.717) is 28.7 Å². The lowest BCUT2D eigenvalue weighted by Gasteiger charge is -2.25. The molecule has 1 aliphatic rings. The van der Waals surface area contributed by atoms with E-state index in [0.717, 1.165) is 21.7 Å². The number of fused-ring (bicyclic) bond motifs is 1. The van der Waals surface area contributed by atoms with Crippen LogP contribution in [0, 0.1) is 18.3 Å². The topological polar surface area (TPSA) is 106 Å². The lowest BCUT2D eigenvalue weighted by Crippen LogP contribution is -2.21. The molecule has 3 aromatic rings. The average molecular weight is 463 g/mol. The summed E-state index contributed by atoms with van der Waals surface area (Å²) >= 11 is 1.68. The summed E-state index contributed by atoms with van der Waals surface area (Å²) in [6.07, 6.45) is 0.00363. The number of rotatable bonds is 7. The molecule has 8 heteroatoms. The van der Waals surface area contributed by atoms with Crippen LogP contribution in [0.2, 0.25) is 0 Å². The van der Waals surface area contributed by atoms with Crippen LogP contribution in [0.5, 0.6) is 17.4 Å². The van der Waals surface area contributed by atoms with Crippen LogP contribution in [0.4, 0.5) is 0 Å². The maximum atomic E-state index is 9.92. The normalized spacial score (nSPS) is 15.1. The van der Waals surface area contributed by atoms with Crippen LogP contribution in [-0.4, -0.2) is 23.4 Å². The molecule has 1 atom stereocenters. The van der Waals surface area contributed by atoms with Crippen LogP contribution in [-0.2, 0) is 5.75 Å². The molecule has 7 nitrogen and oxygen atoms in total. The SMILES string of the molecule is COc1cc(C2C(C#N)=C(N)Oc3n[nH]c(CSc4ccc(C)cc4)c32)ccc1OC(C)C. The number of nitrogens with two attached hydrogens (primary N) is 1. The summed E-state index contributed by atoms with van der Waals surface area (Å²) in [7, 11) is 1.60. The van der Waals surface area contributed by atoms with Gasteiger partial charge in [0.15, 0.2) is 11.5 Å². The quantitative estimate of drug-likeness (QED) is 0.475. The average Bonchev–Trinajstić information content (AvgIpc) is 3.20. The molecule has 3 N–H and O–H groups in total. The number of benzene rings is 2. The van der Waals surface area contributed by atoms with E-state index >= 15 is 0 Å². The number of nitrogens with one attached hydrogen (secondary N) is 1. The van der Waals surface area contributed by atoms with Gasteiger partial charge in [-0.3, -0.25) is 5.10 Å². The zero-order chi connectivity index (χ0) is 23.5. The number of ether oxygens (including phenoxy) is 3. The van der Waals surface area contributed by atoms with E-state index < -0.39 is 5.92 Å². The molecule has 2 aromatic carbocycles. The molecule has 0 spiro atoms. The van der Waals surface area contributed by atoms with Gasteiger partial charge in [-0.25, -0.2) is 0 Å². The number of allylic oxidation sites excluding steroid dienone is 1. The van der Waals surface area contributed by atoms with Crippen molar-refractivity contribution < 1.29 is 14.2 Å². The Morgan fingerprint density at radius 1 is 1.21 bits per heavy atom. The minimum Gasteiger partial charge on any atom is -0.493 e. The Balaban J connectivity index is 1.73. The van der Waals surface area contributed by atoms with Gasteiger partial charge in [0.05, 0.1) is 30.4 Å². The second kappa shape index (κ2) is 9.51. The number of aromatic amines is 1. The Morgan fingerprint density at radius 2 is 1.97 bits per heavy atom. The van der Waals surface area contributed by atoms with Crippen molar-refractivity contribution in [2.75, 3.05) is 7.11 Å². The van der Waals surface area contributed by atoms with Crippen LogP contribution in [0.15, 0.2) is 58.8 Å². The van der Waals surface area contributed by atoms with E-state index in [1.54, 1.807) is 18.9 Å². The van der Waals surface area contributed by atoms with Gasteiger partial charge in [-0.05, 0) is 50.6 Å². The van der Waals surface area contributed by atoms with Gasteiger partial charge in [0, 0.05) is 10.6 Å². The summed E-state index contributed by atoms with van der Waals surface area (Å²) in [5.74, 6) is 1.87. The Bertz CT molecular complexity index is 1230. The van der Waals surface area contributed by atoms with Gasteiger partial charge < -0.3 is 19.9 Å². The smallest absolute Gasteiger partial charge is 0.244 e. The van der Waals surface area contributed by atoms with E-state index in [9.17, 15) is 5.26 Å². The zero-order valence-corrected chi connectivity index (χ0v) is 19.8. The zero-order valence-electron chi connectivity index (χ0n) is 19.0. The molecule has 0 amide bonds. The Hall–Kier alpha value is -3.57. The Kier molecular flexibility index (Phi) is 6.52. The van der Waals surface area contributed by atoms with Crippen LogP contribution < -0.4 is 19.9 Å². The molecule has 0 fully saturated rings. The molecule has 1 aliphatic heterocycles. The second-order valence-corrected chi connectivity index (χ2v) is 9.07. The van der Waals surface area contributed by atoms with Crippen molar-refractivity contribution in [3.63, 3.8) is 0 Å². The number of thioether (sulfide) groups is 1. The third-order valence-corrected chi connectivity index (χ3v) is 6.34. The van der Waals surface area contributed by atoms with Gasteiger partial charge in [0.1, 0.15) is 11.6 Å². The fourth-order valence-electron chi connectivity index (χ4n) is 3.76. The first-order valence-electron chi connectivity index (χ1n) is 10.6. The van der Waals surface area contributed by atoms with Crippen LogP contribution >= 0.6 is 11.8 Å². The molecule has 0 saturated carbocycles. The molecule has 1 aromatic heterocycles. The molecule has 2 heterocycles. The monoisotopic (exact) mass is 462 g/mol. The summed E-state index contributed by atoms with van der Waals surface area (Å²) in [5, 5.41) is 17.3. The van der Waals surface area contributed by atoms with Crippen molar-refractivity contribution in [3.05, 3.63) is 76.3 Å². The molecular weight excluding hydrogens is 436 g/mol. The molecule has 0 bridgehead atoms. The van der Waals surface area contributed by atoms with Crippen LogP contribution in [0.25, 0.3) is 0 Å². The highest BCUT2D eigenvalue weighted by Gasteiger charge is 2.35. The second-order valence-electron chi connectivity index (χ2n) is 8.02. The Morgan fingerprint density at radius 3 is 2.64 bits per heavy atom. The van der Waals surface area contributed by atoms with Gasteiger partial charge in [-0.15, -0.1) is 16.9 Å². The van der Waals surface area contributed by atoms with Gasteiger partial charge >= 0.3 is 0 Å².